The molecule has 1 unspecified atom stereocenters. The summed E-state index contributed by atoms with van der Waals surface area (Å²) in [7, 11) is 0. The summed E-state index contributed by atoms with van der Waals surface area (Å²) in [6.07, 6.45) is -3.49. The second-order valence-corrected chi connectivity index (χ2v) is 3.77. The normalized spacial score (nSPS) is 13.0. The standard InChI is InChI=1S/C8H10F3NS.C2H6/c1-3-5(2)7-12-6(4-13-7)8(9,10)11;1-2/h4-5H,3H2,1-2H3;1-2H3. The second-order valence-electron chi connectivity index (χ2n) is 2.88. The molecule has 1 aromatic rings. The predicted molar refractivity (Wildman–Crippen MR) is 57.2 cm³/mol. The molecule has 0 saturated carbocycles. The highest BCUT2D eigenvalue weighted by Gasteiger charge is 2.33. The van der Waals surface area contributed by atoms with Crippen LogP contribution >= 0.6 is 11.3 Å². The van der Waals surface area contributed by atoms with Crippen molar-refractivity contribution < 1.29 is 13.2 Å². The maximum absolute atomic E-state index is 12.1. The van der Waals surface area contributed by atoms with E-state index in [0.29, 0.717) is 5.01 Å². The Morgan fingerprint density at radius 3 is 2.27 bits per heavy atom. The molecule has 0 aliphatic rings. The van der Waals surface area contributed by atoms with Gasteiger partial charge in [-0.3, -0.25) is 0 Å². The van der Waals surface area contributed by atoms with Crippen LogP contribution in [0.5, 0.6) is 0 Å². The van der Waals surface area contributed by atoms with Gasteiger partial charge in [-0.05, 0) is 6.42 Å². The van der Waals surface area contributed by atoms with Crippen LogP contribution in [0.4, 0.5) is 13.2 Å². The summed E-state index contributed by atoms with van der Waals surface area (Å²) in [5.41, 5.74) is -0.771. The topological polar surface area (TPSA) is 12.9 Å². The third-order valence-electron chi connectivity index (χ3n) is 1.85. The fraction of sp³-hybridized carbons (Fsp3) is 0.700. The molecule has 0 saturated heterocycles. The molecule has 1 rings (SSSR count). The molecule has 0 N–H and O–H groups in total. The van der Waals surface area contributed by atoms with Crippen LogP contribution in [0.2, 0.25) is 0 Å². The van der Waals surface area contributed by atoms with Gasteiger partial charge in [-0.2, -0.15) is 13.2 Å². The van der Waals surface area contributed by atoms with Crippen LogP contribution in [0.25, 0.3) is 0 Å². The minimum atomic E-state index is -4.30. The van der Waals surface area contributed by atoms with E-state index in [0.717, 1.165) is 23.1 Å². The fourth-order valence-corrected chi connectivity index (χ4v) is 1.79. The number of aromatic nitrogens is 1. The molecular weight excluding hydrogens is 223 g/mol. The number of rotatable bonds is 2. The first-order valence-electron chi connectivity index (χ1n) is 4.97. The zero-order valence-electron chi connectivity index (χ0n) is 9.35. The largest absolute Gasteiger partial charge is 0.434 e. The SMILES string of the molecule is CC.CCC(C)c1nc(C(F)(F)F)cs1. The summed E-state index contributed by atoms with van der Waals surface area (Å²) in [5.74, 6) is 0.112. The number of thiazole rings is 1. The van der Waals surface area contributed by atoms with Gasteiger partial charge in [0.25, 0.3) is 0 Å². The van der Waals surface area contributed by atoms with Crippen molar-refractivity contribution in [1.29, 1.82) is 0 Å². The van der Waals surface area contributed by atoms with Gasteiger partial charge >= 0.3 is 6.18 Å². The van der Waals surface area contributed by atoms with Crippen molar-refractivity contribution in [2.24, 2.45) is 0 Å². The molecule has 15 heavy (non-hydrogen) atoms. The van der Waals surface area contributed by atoms with E-state index in [9.17, 15) is 13.2 Å². The average molecular weight is 239 g/mol. The van der Waals surface area contributed by atoms with E-state index < -0.39 is 11.9 Å². The zero-order valence-corrected chi connectivity index (χ0v) is 10.2. The summed E-state index contributed by atoms with van der Waals surface area (Å²) < 4.78 is 36.3. The van der Waals surface area contributed by atoms with Crippen LogP contribution in [-0.4, -0.2) is 4.98 Å². The van der Waals surface area contributed by atoms with Gasteiger partial charge in [0.15, 0.2) is 5.69 Å². The minimum Gasteiger partial charge on any atom is -0.236 e. The average Bonchev–Trinajstić information content (AvgIpc) is 2.68. The molecule has 0 spiro atoms. The summed E-state index contributed by atoms with van der Waals surface area (Å²) in [6, 6.07) is 0. The first-order chi connectivity index (χ1) is 6.95. The van der Waals surface area contributed by atoms with Crippen LogP contribution in [0.1, 0.15) is 50.7 Å². The van der Waals surface area contributed by atoms with Crippen molar-refractivity contribution in [2.45, 2.75) is 46.2 Å². The summed E-state index contributed by atoms with van der Waals surface area (Å²) in [4.78, 5) is 3.55. The smallest absolute Gasteiger partial charge is 0.236 e. The first-order valence-corrected chi connectivity index (χ1v) is 5.85. The summed E-state index contributed by atoms with van der Waals surface area (Å²) >= 11 is 1.08. The van der Waals surface area contributed by atoms with Crippen molar-refractivity contribution in [2.75, 3.05) is 0 Å². The van der Waals surface area contributed by atoms with Crippen molar-refractivity contribution in [3.05, 3.63) is 16.1 Å². The maximum Gasteiger partial charge on any atom is 0.434 e. The zero-order chi connectivity index (χ0) is 12.1. The molecule has 5 heteroatoms. The highest BCUT2D eigenvalue weighted by molar-refractivity contribution is 7.09. The van der Waals surface area contributed by atoms with E-state index in [-0.39, 0.29) is 5.92 Å². The van der Waals surface area contributed by atoms with E-state index in [1.165, 1.54) is 0 Å². The molecule has 0 fully saturated rings. The lowest BCUT2D eigenvalue weighted by atomic mass is 10.1. The minimum absolute atomic E-state index is 0.112. The van der Waals surface area contributed by atoms with Gasteiger partial charge < -0.3 is 0 Å². The molecular formula is C10H16F3NS. The Labute approximate surface area is 92.3 Å². The van der Waals surface area contributed by atoms with Gasteiger partial charge in [0.2, 0.25) is 0 Å². The van der Waals surface area contributed by atoms with Crippen LogP contribution in [0, 0.1) is 0 Å². The third-order valence-corrected chi connectivity index (χ3v) is 2.92. The van der Waals surface area contributed by atoms with Gasteiger partial charge in [0, 0.05) is 11.3 Å². The first kappa shape index (κ1) is 14.4. The molecule has 1 nitrogen and oxygen atoms in total. The van der Waals surface area contributed by atoms with Crippen molar-refractivity contribution in [3.63, 3.8) is 0 Å². The van der Waals surface area contributed by atoms with E-state index in [4.69, 9.17) is 0 Å². The maximum atomic E-state index is 12.1. The molecule has 0 bridgehead atoms. The quantitative estimate of drug-likeness (QED) is 0.728. The number of nitrogens with zero attached hydrogens (tertiary/aromatic N) is 1. The van der Waals surface area contributed by atoms with Gasteiger partial charge in [-0.1, -0.05) is 27.7 Å². The lowest BCUT2D eigenvalue weighted by Gasteiger charge is -2.03. The third kappa shape index (κ3) is 4.20. The molecule has 1 aromatic heterocycles. The molecule has 1 atom stereocenters. The van der Waals surface area contributed by atoms with Crippen molar-refractivity contribution in [1.82, 2.24) is 4.98 Å². The van der Waals surface area contributed by atoms with Gasteiger partial charge in [-0.15, -0.1) is 11.3 Å². The van der Waals surface area contributed by atoms with Crippen molar-refractivity contribution >= 4 is 11.3 Å². The van der Waals surface area contributed by atoms with Crippen LogP contribution in [0.3, 0.4) is 0 Å². The molecule has 0 amide bonds. The Morgan fingerprint density at radius 1 is 1.40 bits per heavy atom. The summed E-state index contributed by atoms with van der Waals surface area (Å²) in [6.45, 7) is 7.80. The second kappa shape index (κ2) is 6.10. The number of hydrogen-bond donors (Lipinski definition) is 0. The number of hydrogen-bond acceptors (Lipinski definition) is 2. The Hall–Kier alpha value is -0.580. The van der Waals surface area contributed by atoms with E-state index in [1.54, 1.807) is 0 Å². The van der Waals surface area contributed by atoms with Crippen molar-refractivity contribution in [3.8, 4) is 0 Å². The number of halogens is 3. The Morgan fingerprint density at radius 2 is 1.93 bits per heavy atom. The fourth-order valence-electron chi connectivity index (χ4n) is 0.819. The van der Waals surface area contributed by atoms with Crippen LogP contribution in [0.15, 0.2) is 5.38 Å². The molecule has 0 aliphatic carbocycles. The van der Waals surface area contributed by atoms with Crippen LogP contribution in [-0.2, 0) is 6.18 Å². The molecule has 88 valence electrons. The summed E-state index contributed by atoms with van der Waals surface area (Å²) in [5, 5.41) is 1.64. The lowest BCUT2D eigenvalue weighted by molar-refractivity contribution is -0.140. The van der Waals surface area contributed by atoms with E-state index in [2.05, 4.69) is 4.98 Å². The van der Waals surface area contributed by atoms with Gasteiger partial charge in [0.1, 0.15) is 0 Å². The Balaban J connectivity index is 0.000000921. The molecule has 0 aromatic carbocycles. The van der Waals surface area contributed by atoms with Crippen LogP contribution < -0.4 is 0 Å². The Bertz CT molecular complexity index is 280. The molecule has 0 radical (unpaired) electrons. The predicted octanol–water partition coefficient (Wildman–Crippen LogP) is 4.70. The molecule has 1 heterocycles. The highest BCUT2D eigenvalue weighted by atomic mass is 32.1. The lowest BCUT2D eigenvalue weighted by Crippen LogP contribution is -2.05. The molecule has 0 aliphatic heterocycles. The number of alkyl halides is 3. The van der Waals surface area contributed by atoms with E-state index in [1.807, 2.05) is 27.7 Å². The monoisotopic (exact) mass is 239 g/mol. The Kier molecular flexibility index (Phi) is 5.87. The van der Waals surface area contributed by atoms with Gasteiger partial charge in [0.05, 0.1) is 5.01 Å². The van der Waals surface area contributed by atoms with Gasteiger partial charge in [-0.25, -0.2) is 4.98 Å². The van der Waals surface area contributed by atoms with E-state index >= 15 is 0 Å². The highest BCUT2D eigenvalue weighted by Crippen LogP contribution is 2.32.